The van der Waals surface area contributed by atoms with Crippen LogP contribution in [0, 0.1) is 27.7 Å². The van der Waals surface area contributed by atoms with Crippen LogP contribution in [0.2, 0.25) is 0 Å². The van der Waals surface area contributed by atoms with Gasteiger partial charge in [0, 0.05) is 16.7 Å². The van der Waals surface area contributed by atoms with Crippen LogP contribution in [0.4, 0.5) is 0 Å². The molecule has 0 spiro atoms. The summed E-state index contributed by atoms with van der Waals surface area (Å²) in [7, 11) is -3.58. The molecule has 71 heavy (non-hydrogen) atoms. The Morgan fingerprint density at radius 1 is 0.338 bits per heavy atom. The summed E-state index contributed by atoms with van der Waals surface area (Å²) in [5, 5.41) is 0. The van der Waals surface area contributed by atoms with E-state index in [0.717, 1.165) is 39.3 Å². The predicted octanol–water partition coefficient (Wildman–Crippen LogP) is 16.9. The fourth-order valence-electron chi connectivity index (χ4n) is 8.18. The molecule has 6 heteroatoms. The molecule has 0 aliphatic carbocycles. The van der Waals surface area contributed by atoms with Crippen molar-refractivity contribution in [2.45, 2.75) is 37.5 Å². The number of ketones is 1. The Balaban J connectivity index is 0.000000180. The summed E-state index contributed by atoms with van der Waals surface area (Å²) in [5.41, 5.74) is 15.2. The van der Waals surface area contributed by atoms with Crippen molar-refractivity contribution in [3.8, 4) is 67.5 Å². The number of hydrogen-bond donors (Lipinski definition) is 0. The van der Waals surface area contributed by atoms with Crippen LogP contribution in [0.5, 0.6) is 23.0 Å². The zero-order chi connectivity index (χ0) is 49.3. The predicted molar refractivity (Wildman–Crippen MR) is 288 cm³/mol. The average Bonchev–Trinajstić information content (AvgIpc) is 3.41. The number of sulfone groups is 1. The van der Waals surface area contributed by atoms with E-state index < -0.39 is 9.84 Å². The average molecular weight is 945 g/mol. The molecular weight excluding hydrogens is 893 g/mol. The van der Waals surface area contributed by atoms with Gasteiger partial charge in [0.25, 0.3) is 0 Å². The third kappa shape index (κ3) is 11.5. The highest BCUT2D eigenvalue weighted by molar-refractivity contribution is 7.91. The largest absolute Gasteiger partial charge is 0.457 e. The third-order valence-corrected chi connectivity index (χ3v) is 14.1. The molecule has 0 fully saturated rings. The first-order chi connectivity index (χ1) is 34.5. The van der Waals surface area contributed by atoms with Crippen LogP contribution in [-0.2, 0) is 9.84 Å². The van der Waals surface area contributed by atoms with Crippen LogP contribution in [0.3, 0.4) is 0 Å². The van der Waals surface area contributed by atoms with Crippen molar-refractivity contribution in [1.29, 1.82) is 0 Å². The molecular formula is C65H52O5S. The lowest BCUT2D eigenvalue weighted by molar-refractivity contribution is 0.103. The Bertz CT molecular complexity index is 3520. The van der Waals surface area contributed by atoms with Gasteiger partial charge in [-0.15, -0.1) is 0 Å². The lowest BCUT2D eigenvalue weighted by Crippen LogP contribution is -2.02. The molecule has 0 aliphatic rings. The van der Waals surface area contributed by atoms with Gasteiger partial charge in [0.2, 0.25) is 9.84 Å². The van der Waals surface area contributed by atoms with Crippen molar-refractivity contribution in [3.05, 3.63) is 276 Å². The summed E-state index contributed by atoms with van der Waals surface area (Å²) in [6.45, 7) is 8.16. The highest BCUT2D eigenvalue weighted by Gasteiger charge is 2.18. The summed E-state index contributed by atoms with van der Waals surface area (Å²) in [6, 6.07) is 78.5. The van der Waals surface area contributed by atoms with Crippen LogP contribution >= 0.6 is 0 Å². The van der Waals surface area contributed by atoms with Crippen molar-refractivity contribution in [2.75, 3.05) is 0 Å². The van der Waals surface area contributed by atoms with Crippen molar-refractivity contribution in [1.82, 2.24) is 0 Å². The maximum absolute atomic E-state index is 12.8. The lowest BCUT2D eigenvalue weighted by Gasteiger charge is -2.15. The Hall–Kier alpha value is -8.58. The molecule has 0 amide bonds. The zero-order valence-electron chi connectivity index (χ0n) is 40.0. The van der Waals surface area contributed by atoms with Crippen LogP contribution in [0.25, 0.3) is 44.5 Å². The van der Waals surface area contributed by atoms with E-state index in [4.69, 9.17) is 9.47 Å². The van der Waals surface area contributed by atoms with Crippen LogP contribution in [0.15, 0.2) is 252 Å². The second-order valence-corrected chi connectivity index (χ2v) is 19.5. The number of carbonyl (C=O) groups is 1. The van der Waals surface area contributed by atoms with Crippen molar-refractivity contribution in [3.63, 3.8) is 0 Å². The molecule has 0 unspecified atom stereocenters. The van der Waals surface area contributed by atoms with Gasteiger partial charge in [0.15, 0.2) is 5.78 Å². The van der Waals surface area contributed by atoms with Gasteiger partial charge in [0.05, 0.1) is 9.79 Å². The molecule has 0 saturated heterocycles. The summed E-state index contributed by atoms with van der Waals surface area (Å²) < 4.78 is 37.9. The number of carbonyl (C=O) groups excluding carboxylic acids is 1. The smallest absolute Gasteiger partial charge is 0.206 e. The highest BCUT2D eigenvalue weighted by Crippen LogP contribution is 2.39. The van der Waals surface area contributed by atoms with Crippen LogP contribution in [0.1, 0.15) is 38.2 Å². The molecule has 10 aromatic rings. The van der Waals surface area contributed by atoms with E-state index in [1.165, 1.54) is 51.1 Å². The van der Waals surface area contributed by atoms with E-state index in [1.54, 1.807) is 60.7 Å². The second kappa shape index (κ2) is 21.4. The third-order valence-electron chi connectivity index (χ3n) is 12.3. The number of aryl methyl sites for hydroxylation is 4. The minimum atomic E-state index is -3.58. The first-order valence-corrected chi connectivity index (χ1v) is 25.0. The van der Waals surface area contributed by atoms with E-state index in [-0.39, 0.29) is 15.6 Å². The molecule has 0 radical (unpaired) electrons. The van der Waals surface area contributed by atoms with Gasteiger partial charge in [-0.05, 0) is 163 Å². The maximum atomic E-state index is 12.8. The number of benzene rings is 10. The summed E-state index contributed by atoms with van der Waals surface area (Å²) in [5.74, 6) is 2.66. The molecule has 10 rings (SSSR count). The minimum absolute atomic E-state index is 0.0535. The normalized spacial score (nSPS) is 11.0. The van der Waals surface area contributed by atoms with Crippen molar-refractivity contribution >= 4 is 15.6 Å². The van der Waals surface area contributed by atoms with Gasteiger partial charge in [-0.25, -0.2) is 8.42 Å². The maximum Gasteiger partial charge on any atom is 0.206 e. The van der Waals surface area contributed by atoms with Crippen LogP contribution < -0.4 is 9.47 Å². The molecule has 0 bridgehead atoms. The standard InChI is InChI=1S/C38H30O.C27H22O4S/c1-27-13-16-29(17-14-27)30-19-22-35(23-20-30)39-38-24-21-34(26-37(38)32-11-7-4-8-12-32)33-18-15-28(2)36(25-33)31-9-5-3-6-10-31;1-19-3-7-21(8-4-19)27(28)22-9-11-23(12-10-22)31-24-13-17-26(18-14-24)32(29,30)25-15-5-20(2)6-16-25/h3-26H,1-2H3;3-18H,1-2H3. The van der Waals surface area contributed by atoms with Gasteiger partial charge in [-0.2, -0.15) is 0 Å². The lowest BCUT2D eigenvalue weighted by atomic mass is 9.93. The van der Waals surface area contributed by atoms with E-state index in [2.05, 4.69) is 141 Å². The number of rotatable bonds is 12. The quantitative estimate of drug-likeness (QED) is 0.114. The van der Waals surface area contributed by atoms with Crippen molar-refractivity contribution in [2.24, 2.45) is 0 Å². The fraction of sp³-hybridized carbons (Fsp3) is 0.0615. The molecule has 5 nitrogen and oxygen atoms in total. The monoisotopic (exact) mass is 944 g/mol. The zero-order valence-corrected chi connectivity index (χ0v) is 40.9. The van der Waals surface area contributed by atoms with Gasteiger partial charge in [-0.1, -0.05) is 168 Å². The van der Waals surface area contributed by atoms with Crippen LogP contribution in [-0.4, -0.2) is 14.2 Å². The van der Waals surface area contributed by atoms with E-state index in [0.29, 0.717) is 22.6 Å². The summed E-state index contributed by atoms with van der Waals surface area (Å²) in [4.78, 5) is 13.1. The number of hydrogen-bond acceptors (Lipinski definition) is 5. The minimum Gasteiger partial charge on any atom is -0.457 e. The summed E-state index contributed by atoms with van der Waals surface area (Å²) in [6.07, 6.45) is 0. The fourth-order valence-corrected chi connectivity index (χ4v) is 9.44. The van der Waals surface area contributed by atoms with Gasteiger partial charge in [0.1, 0.15) is 23.0 Å². The molecule has 0 atom stereocenters. The topological polar surface area (TPSA) is 69.7 Å². The van der Waals surface area contributed by atoms with Crippen molar-refractivity contribution < 1.29 is 22.7 Å². The van der Waals surface area contributed by atoms with E-state index in [1.807, 2.05) is 56.3 Å². The SMILES string of the molecule is Cc1ccc(-c2ccc(Oc3ccc(-c4ccc(C)c(-c5ccccc5)c4)cc3-c3ccccc3)cc2)cc1.Cc1ccc(C(=O)c2ccc(Oc3ccc(S(=O)(=O)c4ccc(C)cc4)cc3)cc2)cc1. The van der Waals surface area contributed by atoms with Gasteiger partial charge >= 0.3 is 0 Å². The molecule has 0 aliphatic heterocycles. The molecule has 348 valence electrons. The highest BCUT2D eigenvalue weighted by atomic mass is 32.2. The first-order valence-electron chi connectivity index (χ1n) is 23.5. The Labute approximate surface area is 417 Å². The molecule has 0 N–H and O–H groups in total. The number of ether oxygens (including phenoxy) is 2. The first kappa shape index (κ1) is 47.5. The Morgan fingerprint density at radius 2 is 0.704 bits per heavy atom. The Kier molecular flexibility index (Phi) is 14.3. The van der Waals surface area contributed by atoms with Gasteiger partial charge < -0.3 is 9.47 Å². The Morgan fingerprint density at radius 3 is 1.24 bits per heavy atom. The summed E-state index contributed by atoms with van der Waals surface area (Å²) >= 11 is 0. The van der Waals surface area contributed by atoms with E-state index >= 15 is 0 Å². The van der Waals surface area contributed by atoms with E-state index in [9.17, 15) is 13.2 Å². The second-order valence-electron chi connectivity index (χ2n) is 17.6. The molecule has 0 saturated carbocycles. The molecule has 0 aromatic heterocycles. The molecule has 10 aromatic carbocycles. The molecule has 0 heterocycles. The van der Waals surface area contributed by atoms with Gasteiger partial charge in [-0.3, -0.25) is 4.79 Å².